The molecular weight excluding hydrogens is 292 g/mol. The van der Waals surface area contributed by atoms with E-state index in [1.807, 2.05) is 13.8 Å². The van der Waals surface area contributed by atoms with Gasteiger partial charge in [-0.2, -0.15) is 0 Å². The summed E-state index contributed by atoms with van der Waals surface area (Å²) in [6.45, 7) is 5.50. The van der Waals surface area contributed by atoms with Crippen molar-refractivity contribution in [2.45, 2.75) is 58.5 Å². The molecule has 0 fully saturated rings. The zero-order chi connectivity index (χ0) is 17.5. The molecule has 128 valence electrons. The van der Waals surface area contributed by atoms with Crippen molar-refractivity contribution >= 4 is 23.2 Å². The molecule has 23 heavy (non-hydrogen) atoms. The van der Waals surface area contributed by atoms with Gasteiger partial charge in [-0.15, -0.1) is 0 Å². The Hall–Kier alpha value is -1.88. The molecule has 2 amide bonds. The van der Waals surface area contributed by atoms with Gasteiger partial charge in [0.05, 0.1) is 12.0 Å². The lowest BCUT2D eigenvalue weighted by Gasteiger charge is -2.26. The third kappa shape index (κ3) is 6.02. The molecule has 0 aliphatic rings. The van der Waals surface area contributed by atoms with E-state index in [4.69, 9.17) is 0 Å². The summed E-state index contributed by atoms with van der Waals surface area (Å²) in [5.41, 5.74) is 0.498. The van der Waals surface area contributed by atoms with Gasteiger partial charge in [0.2, 0.25) is 11.8 Å². The highest BCUT2D eigenvalue weighted by atomic mass is 16.3. The van der Waals surface area contributed by atoms with Crippen LogP contribution >= 0.6 is 0 Å². The van der Waals surface area contributed by atoms with E-state index >= 15 is 0 Å². The molecule has 2 N–H and O–H groups in total. The highest BCUT2D eigenvalue weighted by Gasteiger charge is 2.28. The van der Waals surface area contributed by atoms with Gasteiger partial charge in [0.15, 0.2) is 0 Å². The second-order valence-corrected chi connectivity index (χ2v) is 6.07. The van der Waals surface area contributed by atoms with E-state index in [2.05, 4.69) is 5.32 Å². The molecule has 1 aromatic carbocycles. The Morgan fingerprint density at radius 2 is 1.65 bits per heavy atom. The molecule has 0 radical (unpaired) electrons. The lowest BCUT2D eigenvalue weighted by Crippen LogP contribution is -2.33. The molecule has 0 unspecified atom stereocenters. The molecule has 0 atom stereocenters. The van der Waals surface area contributed by atoms with E-state index in [1.54, 1.807) is 31.3 Å². The van der Waals surface area contributed by atoms with Gasteiger partial charge < -0.3 is 15.3 Å². The van der Waals surface area contributed by atoms with E-state index in [-0.39, 0.29) is 18.2 Å². The van der Waals surface area contributed by atoms with Gasteiger partial charge in [-0.25, -0.2) is 0 Å². The van der Waals surface area contributed by atoms with Crippen LogP contribution in [-0.4, -0.2) is 29.6 Å². The third-order valence-corrected chi connectivity index (χ3v) is 3.93. The van der Waals surface area contributed by atoms with Crippen LogP contribution in [0.4, 0.5) is 11.4 Å². The number of amides is 2. The number of aliphatic hydroxyl groups is 1. The first-order chi connectivity index (χ1) is 10.8. The van der Waals surface area contributed by atoms with Crippen LogP contribution in [0.1, 0.15) is 52.9 Å². The average molecular weight is 320 g/mol. The molecular formula is C18H28N2O3. The van der Waals surface area contributed by atoms with Gasteiger partial charge in [-0.3, -0.25) is 9.59 Å². The topological polar surface area (TPSA) is 69.6 Å². The van der Waals surface area contributed by atoms with Crippen molar-refractivity contribution in [3.8, 4) is 0 Å². The number of benzene rings is 1. The summed E-state index contributed by atoms with van der Waals surface area (Å²) in [5, 5.41) is 13.3. The van der Waals surface area contributed by atoms with Crippen molar-refractivity contribution < 1.29 is 14.7 Å². The maximum absolute atomic E-state index is 12.2. The van der Waals surface area contributed by atoms with Crippen LogP contribution < -0.4 is 10.2 Å². The van der Waals surface area contributed by atoms with Gasteiger partial charge in [0.1, 0.15) is 0 Å². The molecule has 0 heterocycles. The minimum absolute atomic E-state index is 0.0500. The third-order valence-electron chi connectivity index (χ3n) is 3.93. The first-order valence-corrected chi connectivity index (χ1v) is 8.18. The predicted molar refractivity (Wildman–Crippen MR) is 93.5 cm³/mol. The first kappa shape index (κ1) is 19.2. The summed E-state index contributed by atoms with van der Waals surface area (Å²) < 4.78 is 0. The summed E-state index contributed by atoms with van der Waals surface area (Å²) in [7, 11) is 1.70. The molecule has 1 rings (SSSR count). The van der Waals surface area contributed by atoms with Crippen molar-refractivity contribution in [3.05, 3.63) is 24.3 Å². The molecule has 1 aromatic rings. The smallest absolute Gasteiger partial charge is 0.227 e. The Kier molecular flexibility index (Phi) is 7.23. The zero-order valence-electron chi connectivity index (χ0n) is 14.6. The molecule has 5 heteroatoms. The summed E-state index contributed by atoms with van der Waals surface area (Å²) in [4.78, 5) is 25.0. The Balaban J connectivity index is 2.68. The minimum Gasteiger partial charge on any atom is -0.389 e. The standard InChI is InChI=1S/C18H28N2O3/c1-5-11-18(23,12-6-2)13-17(22)19-15-7-9-16(10-8-15)20(4)14(3)21/h7-10,23H,5-6,11-13H2,1-4H3,(H,19,22). The Bertz CT molecular complexity index is 520. The maximum Gasteiger partial charge on any atom is 0.227 e. The molecule has 0 saturated heterocycles. The number of nitrogens with zero attached hydrogens (tertiary/aromatic N) is 1. The summed E-state index contributed by atoms with van der Waals surface area (Å²) >= 11 is 0. The molecule has 0 aromatic heterocycles. The van der Waals surface area contributed by atoms with Crippen LogP contribution in [0.3, 0.4) is 0 Å². The van der Waals surface area contributed by atoms with Gasteiger partial charge in [-0.05, 0) is 37.1 Å². The lowest BCUT2D eigenvalue weighted by molar-refractivity contribution is -0.121. The second-order valence-electron chi connectivity index (χ2n) is 6.07. The fourth-order valence-electron chi connectivity index (χ4n) is 2.69. The van der Waals surface area contributed by atoms with Gasteiger partial charge >= 0.3 is 0 Å². The largest absolute Gasteiger partial charge is 0.389 e. The summed E-state index contributed by atoms with van der Waals surface area (Å²) in [5.74, 6) is -0.243. The van der Waals surface area contributed by atoms with Crippen molar-refractivity contribution in [2.24, 2.45) is 0 Å². The monoisotopic (exact) mass is 320 g/mol. The fraction of sp³-hybridized carbons (Fsp3) is 0.556. The first-order valence-electron chi connectivity index (χ1n) is 8.18. The zero-order valence-corrected chi connectivity index (χ0v) is 14.6. The van der Waals surface area contributed by atoms with Crippen molar-refractivity contribution in [2.75, 3.05) is 17.3 Å². The molecule has 0 bridgehead atoms. The molecule has 0 aliphatic carbocycles. The Morgan fingerprint density at radius 3 is 2.09 bits per heavy atom. The lowest BCUT2D eigenvalue weighted by atomic mass is 9.89. The quantitative estimate of drug-likeness (QED) is 0.772. The van der Waals surface area contributed by atoms with Crippen molar-refractivity contribution in [3.63, 3.8) is 0 Å². The van der Waals surface area contributed by atoms with E-state index in [0.717, 1.165) is 18.5 Å². The number of carbonyl (C=O) groups excluding carboxylic acids is 2. The molecule has 0 spiro atoms. The Morgan fingerprint density at radius 1 is 1.13 bits per heavy atom. The number of anilines is 2. The number of hydrogen-bond acceptors (Lipinski definition) is 3. The highest BCUT2D eigenvalue weighted by Crippen LogP contribution is 2.24. The number of hydrogen-bond donors (Lipinski definition) is 2. The van der Waals surface area contributed by atoms with Crippen LogP contribution in [-0.2, 0) is 9.59 Å². The van der Waals surface area contributed by atoms with Gasteiger partial charge in [0, 0.05) is 25.3 Å². The van der Waals surface area contributed by atoms with Crippen molar-refractivity contribution in [1.82, 2.24) is 0 Å². The maximum atomic E-state index is 12.2. The van der Waals surface area contributed by atoms with Crippen LogP contribution in [0.2, 0.25) is 0 Å². The number of rotatable bonds is 8. The highest BCUT2D eigenvalue weighted by molar-refractivity contribution is 5.93. The van der Waals surface area contributed by atoms with Gasteiger partial charge in [-0.1, -0.05) is 26.7 Å². The van der Waals surface area contributed by atoms with Crippen LogP contribution in [0.15, 0.2) is 24.3 Å². The fourth-order valence-corrected chi connectivity index (χ4v) is 2.69. The van der Waals surface area contributed by atoms with Crippen LogP contribution in [0.25, 0.3) is 0 Å². The number of carbonyl (C=O) groups is 2. The minimum atomic E-state index is -0.928. The normalized spacial score (nSPS) is 11.2. The second kappa shape index (κ2) is 8.67. The molecule has 0 aliphatic heterocycles. The number of nitrogens with one attached hydrogen (secondary N) is 1. The summed E-state index contributed by atoms with van der Waals surface area (Å²) in [6.07, 6.45) is 3.03. The van der Waals surface area contributed by atoms with Crippen LogP contribution in [0, 0.1) is 0 Å². The SMILES string of the molecule is CCCC(O)(CCC)CC(=O)Nc1ccc(N(C)C(C)=O)cc1. The average Bonchev–Trinajstić information content (AvgIpc) is 2.47. The van der Waals surface area contributed by atoms with E-state index in [0.29, 0.717) is 18.5 Å². The van der Waals surface area contributed by atoms with Crippen molar-refractivity contribution in [1.29, 1.82) is 0 Å². The van der Waals surface area contributed by atoms with E-state index in [1.165, 1.54) is 11.8 Å². The van der Waals surface area contributed by atoms with E-state index in [9.17, 15) is 14.7 Å². The molecule has 5 nitrogen and oxygen atoms in total. The van der Waals surface area contributed by atoms with Gasteiger partial charge in [0.25, 0.3) is 0 Å². The van der Waals surface area contributed by atoms with Crippen LogP contribution in [0.5, 0.6) is 0 Å². The molecule has 0 saturated carbocycles. The van der Waals surface area contributed by atoms with E-state index < -0.39 is 5.60 Å². The summed E-state index contributed by atoms with van der Waals surface area (Å²) in [6, 6.07) is 7.07. The Labute approximate surface area is 138 Å². The predicted octanol–water partition coefficient (Wildman–Crippen LogP) is 3.33.